The van der Waals surface area contributed by atoms with Crippen LogP contribution >= 0.6 is 0 Å². The van der Waals surface area contributed by atoms with Gasteiger partial charge in [0.1, 0.15) is 18.4 Å². The van der Waals surface area contributed by atoms with E-state index in [2.05, 4.69) is 10.1 Å². The Morgan fingerprint density at radius 1 is 1.15 bits per heavy atom. The summed E-state index contributed by atoms with van der Waals surface area (Å²) in [5.41, 5.74) is 0.888. The van der Waals surface area contributed by atoms with Gasteiger partial charge in [-0.1, -0.05) is 12.1 Å². The molecule has 1 rings (SSSR count). The maximum Gasteiger partial charge on any atom is 0.328 e. The van der Waals surface area contributed by atoms with Crippen LogP contribution in [0.2, 0.25) is 0 Å². The number of esters is 1. The number of amides is 1. The maximum absolute atomic E-state index is 11.7. The zero-order valence-corrected chi connectivity index (χ0v) is 11.8. The third kappa shape index (κ3) is 4.89. The lowest BCUT2D eigenvalue weighted by molar-refractivity contribution is -0.145. The second-order valence-electron chi connectivity index (χ2n) is 4.13. The predicted octanol–water partition coefficient (Wildman–Crippen LogP) is 0.542. The van der Waals surface area contributed by atoms with E-state index in [9.17, 15) is 9.59 Å². The van der Waals surface area contributed by atoms with Gasteiger partial charge in [0.25, 0.3) is 0 Å². The van der Waals surface area contributed by atoms with E-state index in [1.165, 1.54) is 14.2 Å². The fourth-order valence-corrected chi connectivity index (χ4v) is 1.70. The molecule has 0 aromatic heterocycles. The molecule has 0 radical (unpaired) electrons. The highest BCUT2D eigenvalue weighted by Crippen LogP contribution is 2.13. The van der Waals surface area contributed by atoms with Crippen molar-refractivity contribution in [1.29, 1.82) is 0 Å². The quantitative estimate of drug-likeness (QED) is 0.738. The average Bonchev–Trinajstić information content (AvgIpc) is 2.46. The van der Waals surface area contributed by atoms with Crippen LogP contribution in [0.3, 0.4) is 0 Å². The van der Waals surface area contributed by atoms with Gasteiger partial charge in [0.05, 0.1) is 14.2 Å². The molecule has 0 fully saturated rings. The van der Waals surface area contributed by atoms with Gasteiger partial charge in [-0.3, -0.25) is 4.79 Å². The molecular weight excluding hydrogens is 262 g/mol. The summed E-state index contributed by atoms with van der Waals surface area (Å²) in [6.45, 7) is -0.101. The smallest absolute Gasteiger partial charge is 0.328 e. The van der Waals surface area contributed by atoms with Crippen LogP contribution in [-0.2, 0) is 25.5 Å². The molecule has 1 atom stereocenters. The summed E-state index contributed by atoms with van der Waals surface area (Å²) in [6.07, 6.45) is 0.339. The highest BCUT2D eigenvalue weighted by Gasteiger charge is 2.21. The molecule has 110 valence electrons. The van der Waals surface area contributed by atoms with Crippen molar-refractivity contribution >= 4 is 11.9 Å². The molecule has 0 unspecified atom stereocenters. The predicted molar refractivity (Wildman–Crippen MR) is 72.5 cm³/mol. The summed E-state index contributed by atoms with van der Waals surface area (Å²) in [6, 6.07) is 6.51. The number of hydrogen-bond donors (Lipinski definition) is 1. The van der Waals surface area contributed by atoms with E-state index in [1.54, 1.807) is 19.2 Å². The number of methoxy groups -OCH3 is 3. The highest BCUT2D eigenvalue weighted by molar-refractivity contribution is 5.85. The molecule has 1 aromatic rings. The third-order valence-corrected chi connectivity index (χ3v) is 2.70. The summed E-state index contributed by atoms with van der Waals surface area (Å²) < 4.78 is 14.5. The van der Waals surface area contributed by atoms with Crippen molar-refractivity contribution in [3.63, 3.8) is 0 Å². The van der Waals surface area contributed by atoms with E-state index in [4.69, 9.17) is 9.47 Å². The Bertz CT molecular complexity index is 443. The molecule has 1 amide bonds. The minimum atomic E-state index is -0.740. The van der Waals surface area contributed by atoms with E-state index in [0.717, 1.165) is 11.3 Å². The fourth-order valence-electron chi connectivity index (χ4n) is 1.70. The van der Waals surface area contributed by atoms with Gasteiger partial charge in [-0.15, -0.1) is 0 Å². The highest BCUT2D eigenvalue weighted by atomic mass is 16.5. The first-order valence-corrected chi connectivity index (χ1v) is 6.09. The summed E-state index contributed by atoms with van der Waals surface area (Å²) in [5.74, 6) is -0.131. The van der Waals surface area contributed by atoms with Crippen molar-refractivity contribution in [2.75, 3.05) is 27.9 Å². The van der Waals surface area contributed by atoms with Crippen molar-refractivity contribution in [3.8, 4) is 5.75 Å². The Balaban J connectivity index is 2.72. The van der Waals surface area contributed by atoms with Crippen LogP contribution in [0.1, 0.15) is 5.56 Å². The first kappa shape index (κ1) is 16.0. The number of hydrogen-bond acceptors (Lipinski definition) is 5. The Labute approximate surface area is 118 Å². The van der Waals surface area contributed by atoms with E-state index < -0.39 is 12.0 Å². The van der Waals surface area contributed by atoms with Crippen LogP contribution < -0.4 is 10.1 Å². The van der Waals surface area contributed by atoms with E-state index >= 15 is 0 Å². The zero-order chi connectivity index (χ0) is 15.0. The molecule has 1 N–H and O–H groups in total. The van der Waals surface area contributed by atoms with Crippen molar-refractivity contribution in [3.05, 3.63) is 29.8 Å². The Hall–Kier alpha value is -2.08. The minimum Gasteiger partial charge on any atom is -0.497 e. The summed E-state index contributed by atoms with van der Waals surface area (Å²) >= 11 is 0. The molecule has 0 aliphatic carbocycles. The van der Waals surface area contributed by atoms with Crippen LogP contribution in [-0.4, -0.2) is 45.9 Å². The number of ether oxygens (including phenoxy) is 3. The lowest BCUT2D eigenvalue weighted by Gasteiger charge is -2.16. The average molecular weight is 281 g/mol. The summed E-state index contributed by atoms with van der Waals surface area (Å²) in [4.78, 5) is 23.2. The monoisotopic (exact) mass is 281 g/mol. The van der Waals surface area contributed by atoms with Gasteiger partial charge < -0.3 is 19.5 Å². The molecule has 1 aromatic carbocycles. The molecule has 0 saturated heterocycles. The summed E-state index contributed by atoms with van der Waals surface area (Å²) in [5, 5.41) is 2.58. The number of benzene rings is 1. The summed E-state index contributed by atoms with van der Waals surface area (Å²) in [7, 11) is 4.28. The molecular formula is C14H19NO5. The van der Waals surface area contributed by atoms with Crippen molar-refractivity contribution in [2.24, 2.45) is 0 Å². The van der Waals surface area contributed by atoms with E-state index in [-0.39, 0.29) is 12.5 Å². The largest absolute Gasteiger partial charge is 0.497 e. The zero-order valence-electron chi connectivity index (χ0n) is 11.8. The number of nitrogens with one attached hydrogen (secondary N) is 1. The lowest BCUT2D eigenvalue weighted by atomic mass is 10.1. The number of carbonyl (C=O) groups is 2. The standard InChI is InChI=1S/C14H19NO5/c1-18-9-13(16)15-12(14(17)20-3)8-10-4-6-11(19-2)7-5-10/h4-7,12H,8-9H2,1-3H3,(H,15,16)/t12-/m1/s1. The molecule has 0 saturated carbocycles. The lowest BCUT2D eigenvalue weighted by Crippen LogP contribution is -2.44. The van der Waals surface area contributed by atoms with Crippen molar-refractivity contribution in [1.82, 2.24) is 5.32 Å². The molecule has 0 bridgehead atoms. The normalized spacial score (nSPS) is 11.6. The Morgan fingerprint density at radius 3 is 2.30 bits per heavy atom. The first-order valence-electron chi connectivity index (χ1n) is 6.09. The van der Waals surface area contributed by atoms with Crippen molar-refractivity contribution < 1.29 is 23.8 Å². The van der Waals surface area contributed by atoms with Gasteiger partial charge in [0, 0.05) is 13.5 Å². The minimum absolute atomic E-state index is 0.101. The maximum atomic E-state index is 11.7. The number of carbonyl (C=O) groups excluding carboxylic acids is 2. The van der Waals surface area contributed by atoms with Crippen LogP contribution in [0.5, 0.6) is 5.75 Å². The van der Waals surface area contributed by atoms with Gasteiger partial charge in [-0.25, -0.2) is 4.79 Å². The Morgan fingerprint density at radius 2 is 1.80 bits per heavy atom. The van der Waals surface area contributed by atoms with E-state index in [0.29, 0.717) is 6.42 Å². The van der Waals surface area contributed by atoms with Crippen LogP contribution in [0.25, 0.3) is 0 Å². The molecule has 6 nitrogen and oxygen atoms in total. The fraction of sp³-hybridized carbons (Fsp3) is 0.429. The SMILES string of the molecule is COCC(=O)N[C@H](Cc1ccc(OC)cc1)C(=O)OC. The second-order valence-corrected chi connectivity index (χ2v) is 4.13. The topological polar surface area (TPSA) is 73.9 Å². The molecule has 0 aliphatic rings. The van der Waals surface area contributed by atoms with Gasteiger partial charge in [0.15, 0.2) is 0 Å². The number of rotatable bonds is 7. The van der Waals surface area contributed by atoms with Gasteiger partial charge >= 0.3 is 5.97 Å². The second kappa shape index (κ2) is 8.16. The molecule has 20 heavy (non-hydrogen) atoms. The first-order chi connectivity index (χ1) is 9.60. The Kier molecular flexibility index (Phi) is 6.52. The molecule has 0 spiro atoms. The molecule has 0 heterocycles. The van der Waals surface area contributed by atoms with Gasteiger partial charge in [0.2, 0.25) is 5.91 Å². The van der Waals surface area contributed by atoms with Crippen LogP contribution in [0, 0.1) is 0 Å². The molecule has 0 aliphatic heterocycles. The van der Waals surface area contributed by atoms with E-state index in [1.807, 2.05) is 12.1 Å². The molecule has 6 heteroatoms. The third-order valence-electron chi connectivity index (χ3n) is 2.70. The van der Waals surface area contributed by atoms with Crippen LogP contribution in [0.15, 0.2) is 24.3 Å². The van der Waals surface area contributed by atoms with Gasteiger partial charge in [-0.05, 0) is 17.7 Å². The van der Waals surface area contributed by atoms with Gasteiger partial charge in [-0.2, -0.15) is 0 Å². The van der Waals surface area contributed by atoms with Crippen LogP contribution in [0.4, 0.5) is 0 Å². The van der Waals surface area contributed by atoms with Crippen molar-refractivity contribution in [2.45, 2.75) is 12.5 Å².